The first-order chi connectivity index (χ1) is 23.6. The van der Waals surface area contributed by atoms with Crippen molar-refractivity contribution in [3.05, 3.63) is 88.6 Å². The Bertz CT molecular complexity index is 1770. The first kappa shape index (κ1) is 35.8. The highest BCUT2D eigenvalue weighted by molar-refractivity contribution is 5.92. The van der Waals surface area contributed by atoms with Crippen LogP contribution in [-0.4, -0.2) is 97.0 Å². The molecule has 2 aliphatic rings. The third kappa shape index (κ3) is 8.95. The van der Waals surface area contributed by atoms with Crippen LogP contribution < -0.4 is 10.5 Å². The van der Waals surface area contributed by atoms with Crippen molar-refractivity contribution in [2.24, 2.45) is 5.73 Å². The minimum atomic E-state index is -1.21. The number of aliphatic hydroxyl groups excluding tert-OH is 3. The fraction of sp³-hybridized carbons (Fsp3) is 0.429. The number of nitriles is 1. The molecule has 4 aromatic rings. The van der Waals surface area contributed by atoms with Crippen molar-refractivity contribution < 1.29 is 39.1 Å². The number of rotatable bonds is 12. The van der Waals surface area contributed by atoms with Crippen LogP contribution in [0.15, 0.2) is 54.6 Å². The molecule has 6 N–H and O–H groups in total. The van der Waals surface area contributed by atoms with Gasteiger partial charge in [0.1, 0.15) is 18.2 Å². The number of benzene rings is 2. The van der Waals surface area contributed by atoms with E-state index in [9.17, 15) is 14.3 Å². The lowest BCUT2D eigenvalue weighted by Crippen LogP contribution is -2.50. The summed E-state index contributed by atoms with van der Waals surface area (Å²) in [6.07, 6.45) is 2.96. The Balaban J connectivity index is 0.000000523. The molecular weight excluding hydrogens is 635 g/mol. The number of fused-ring (bicyclic) bond motifs is 1. The molecule has 13 nitrogen and oxygen atoms in total. The highest BCUT2D eigenvalue weighted by Crippen LogP contribution is 2.30. The summed E-state index contributed by atoms with van der Waals surface area (Å²) in [6, 6.07) is 17.0. The van der Waals surface area contributed by atoms with E-state index in [0.29, 0.717) is 24.5 Å². The van der Waals surface area contributed by atoms with E-state index in [1.54, 1.807) is 36.4 Å². The van der Waals surface area contributed by atoms with Gasteiger partial charge in [0.15, 0.2) is 0 Å². The number of likely N-dealkylation sites (tertiary alicyclic amines) is 1. The van der Waals surface area contributed by atoms with Crippen LogP contribution >= 0.6 is 0 Å². The number of nitrogens with two attached hydrogens (primary N) is 1. The molecule has 4 heterocycles. The molecule has 2 aliphatic heterocycles. The van der Waals surface area contributed by atoms with E-state index in [0.717, 1.165) is 61.5 Å². The summed E-state index contributed by atoms with van der Waals surface area (Å²) in [5.74, 6) is 0.222. The van der Waals surface area contributed by atoms with Gasteiger partial charge in [-0.15, -0.1) is 0 Å². The van der Waals surface area contributed by atoms with Crippen molar-refractivity contribution in [1.82, 2.24) is 19.4 Å². The van der Waals surface area contributed by atoms with Crippen LogP contribution in [0.1, 0.15) is 58.2 Å². The van der Waals surface area contributed by atoms with Gasteiger partial charge in [0.05, 0.1) is 72.8 Å². The summed E-state index contributed by atoms with van der Waals surface area (Å²) in [4.78, 5) is 23.5. The summed E-state index contributed by atoms with van der Waals surface area (Å²) in [5, 5.41) is 43.4. The molecule has 2 saturated heterocycles. The summed E-state index contributed by atoms with van der Waals surface area (Å²) in [7, 11) is 0. The predicted molar refractivity (Wildman–Crippen MR) is 176 cm³/mol. The maximum atomic E-state index is 14.2. The van der Waals surface area contributed by atoms with E-state index in [1.165, 1.54) is 6.07 Å². The van der Waals surface area contributed by atoms with Crippen molar-refractivity contribution in [3.8, 4) is 11.9 Å². The van der Waals surface area contributed by atoms with E-state index in [4.69, 9.17) is 45.8 Å². The average molecular weight is 677 g/mol. The maximum Gasteiger partial charge on any atom is 0.335 e. The quantitative estimate of drug-likeness (QED) is 0.147. The highest BCUT2D eigenvalue weighted by atomic mass is 19.1. The topological polar surface area (TPSA) is 200 Å². The Kier molecular flexibility index (Phi) is 11.9. The molecule has 2 fully saturated rings. The first-order valence-electron chi connectivity index (χ1n) is 16.1. The molecule has 260 valence electrons. The molecule has 2 aromatic carbocycles. The van der Waals surface area contributed by atoms with Crippen LogP contribution in [0.5, 0.6) is 5.88 Å². The van der Waals surface area contributed by atoms with Gasteiger partial charge >= 0.3 is 5.97 Å². The summed E-state index contributed by atoms with van der Waals surface area (Å²) in [6.45, 7) is 2.66. The predicted octanol–water partition coefficient (Wildman–Crippen LogP) is 2.55. The third-order valence-corrected chi connectivity index (χ3v) is 8.87. The number of carboxylic acid groups (broad SMARTS) is 1. The molecule has 0 aliphatic carbocycles. The molecular formula is C35H41FN6O7. The second-order valence-electron chi connectivity index (χ2n) is 12.4. The number of pyridine rings is 1. The van der Waals surface area contributed by atoms with E-state index < -0.39 is 37.1 Å². The highest BCUT2D eigenvalue weighted by Gasteiger charge is 2.26. The number of hydrogen-bond donors (Lipinski definition) is 5. The third-order valence-electron chi connectivity index (χ3n) is 8.87. The van der Waals surface area contributed by atoms with Crippen LogP contribution in [0.4, 0.5) is 4.39 Å². The number of carboxylic acids is 1. The summed E-state index contributed by atoms with van der Waals surface area (Å²) >= 11 is 0. The second kappa shape index (κ2) is 16.3. The van der Waals surface area contributed by atoms with E-state index >= 15 is 0 Å². The van der Waals surface area contributed by atoms with Crippen molar-refractivity contribution in [1.29, 1.82) is 5.26 Å². The molecule has 49 heavy (non-hydrogen) atoms. The number of nitrogens with zero attached hydrogens (tertiary/aromatic N) is 5. The monoisotopic (exact) mass is 676 g/mol. The standard InChI is InChI=1S/C31H30FN5O4.C4H11NO3/c32-25-14-20(16-33)4-5-23(25)19-41-30-3-1-2-26(35-30)21-8-11-36(12-9-21)18-29-34-27-7-6-22(31(38)39)15-28(27)37(29)17-24-10-13-40-24;5-4(1-6,2-7)3-8/h1-7,14-15,21,24H,8-13,17-19H2,(H,38,39);6-8H,1-3,5H2/t24-;/m0./s1. The van der Waals surface area contributed by atoms with Gasteiger partial charge in [0, 0.05) is 29.8 Å². The first-order valence-corrected chi connectivity index (χ1v) is 16.1. The lowest BCUT2D eigenvalue weighted by atomic mass is 9.93. The Morgan fingerprint density at radius 2 is 1.80 bits per heavy atom. The lowest BCUT2D eigenvalue weighted by molar-refractivity contribution is -0.0592. The normalized spacial score (nSPS) is 16.8. The summed E-state index contributed by atoms with van der Waals surface area (Å²) in [5.41, 5.74) is 7.41. The molecule has 0 bridgehead atoms. The van der Waals surface area contributed by atoms with Gasteiger partial charge in [-0.05, 0) is 68.8 Å². The van der Waals surface area contributed by atoms with Crippen molar-refractivity contribution in [2.75, 3.05) is 39.5 Å². The van der Waals surface area contributed by atoms with Gasteiger partial charge in [-0.3, -0.25) is 4.90 Å². The van der Waals surface area contributed by atoms with Gasteiger partial charge in [-0.25, -0.2) is 19.2 Å². The molecule has 0 unspecified atom stereocenters. The van der Waals surface area contributed by atoms with Gasteiger partial charge in [0.25, 0.3) is 0 Å². The molecule has 6 rings (SSSR count). The molecule has 1 atom stereocenters. The second-order valence-corrected chi connectivity index (χ2v) is 12.4. The fourth-order valence-corrected chi connectivity index (χ4v) is 5.62. The number of piperidine rings is 1. The molecule has 0 spiro atoms. The smallest absolute Gasteiger partial charge is 0.335 e. The zero-order chi connectivity index (χ0) is 35.0. The number of halogens is 1. The maximum absolute atomic E-state index is 14.2. The van der Waals surface area contributed by atoms with Gasteiger partial charge in [-0.2, -0.15) is 5.26 Å². The Labute approximate surface area is 283 Å². The van der Waals surface area contributed by atoms with E-state index in [2.05, 4.69) is 9.47 Å². The van der Waals surface area contributed by atoms with E-state index in [1.807, 2.05) is 18.2 Å². The SMILES string of the molecule is N#Cc1ccc(COc2cccc(C3CCN(Cc4nc5ccc(C(=O)O)cc5n4C[C@@H]4CCO4)CC3)n2)c(F)c1.NC(CO)(CO)CO. The number of aromatic carboxylic acids is 1. The molecule has 0 amide bonds. The molecule has 14 heteroatoms. The van der Waals surface area contributed by atoms with Crippen molar-refractivity contribution in [2.45, 2.75) is 56.5 Å². The molecule has 0 radical (unpaired) electrons. The number of ether oxygens (including phenoxy) is 2. The van der Waals surface area contributed by atoms with Crippen LogP contribution in [0.3, 0.4) is 0 Å². The van der Waals surface area contributed by atoms with Gasteiger partial charge in [-0.1, -0.05) is 12.1 Å². The number of aromatic nitrogens is 3. The number of hydrogen-bond acceptors (Lipinski definition) is 11. The van der Waals surface area contributed by atoms with Crippen molar-refractivity contribution >= 4 is 17.0 Å². The molecule has 2 aromatic heterocycles. The summed E-state index contributed by atoms with van der Waals surface area (Å²) < 4.78 is 27.8. The average Bonchev–Trinajstić information content (AvgIpc) is 3.45. The zero-order valence-electron chi connectivity index (χ0n) is 27.0. The molecule has 0 saturated carbocycles. The Hall–Kier alpha value is -4.49. The lowest BCUT2D eigenvalue weighted by Gasteiger charge is -2.32. The largest absolute Gasteiger partial charge is 0.478 e. The number of aliphatic hydroxyl groups is 3. The van der Waals surface area contributed by atoms with Crippen LogP contribution in [0.25, 0.3) is 11.0 Å². The number of imidazole rings is 1. The van der Waals surface area contributed by atoms with Crippen LogP contribution in [-0.2, 0) is 24.4 Å². The minimum absolute atomic E-state index is 0.0350. The zero-order valence-corrected chi connectivity index (χ0v) is 27.0. The van der Waals surface area contributed by atoms with Gasteiger partial charge in [0.2, 0.25) is 5.88 Å². The minimum Gasteiger partial charge on any atom is -0.478 e. The van der Waals surface area contributed by atoms with Crippen molar-refractivity contribution in [3.63, 3.8) is 0 Å². The van der Waals surface area contributed by atoms with Crippen LogP contribution in [0.2, 0.25) is 0 Å². The fourth-order valence-electron chi connectivity index (χ4n) is 5.62. The van der Waals surface area contributed by atoms with E-state index in [-0.39, 0.29) is 29.8 Å². The van der Waals surface area contributed by atoms with Gasteiger partial charge < -0.3 is 40.2 Å². The Morgan fingerprint density at radius 3 is 2.39 bits per heavy atom. The van der Waals surface area contributed by atoms with Crippen LogP contribution in [0, 0.1) is 17.1 Å². The Morgan fingerprint density at radius 1 is 1.06 bits per heavy atom. The number of carbonyl (C=O) groups is 1.